The quantitative estimate of drug-likeness (QED) is 0.717. The van der Waals surface area contributed by atoms with Crippen LogP contribution in [0, 0.1) is 0 Å². The first-order valence-corrected chi connectivity index (χ1v) is 11.1. The van der Waals surface area contributed by atoms with E-state index in [-0.39, 0.29) is 24.4 Å². The summed E-state index contributed by atoms with van der Waals surface area (Å²) in [6.07, 6.45) is 1.95. The van der Waals surface area contributed by atoms with Crippen LogP contribution >= 0.6 is 0 Å². The Bertz CT molecular complexity index is 1070. The van der Waals surface area contributed by atoms with Crippen molar-refractivity contribution >= 4 is 28.6 Å². The number of carbonyl (C=O) groups is 3. The maximum atomic E-state index is 13.1. The number of benzene rings is 2. The van der Waals surface area contributed by atoms with Crippen LogP contribution in [-0.2, 0) is 19.1 Å². The first-order chi connectivity index (χ1) is 15.4. The van der Waals surface area contributed by atoms with Gasteiger partial charge in [0.05, 0.1) is 19.3 Å². The molecule has 2 aromatic carbocycles. The van der Waals surface area contributed by atoms with Crippen LogP contribution in [0.4, 0.5) is 4.79 Å². The Hall–Kier alpha value is -2.97. The summed E-state index contributed by atoms with van der Waals surface area (Å²) in [5.74, 6) is -1.35. The van der Waals surface area contributed by atoms with E-state index in [0.29, 0.717) is 38.9 Å². The summed E-state index contributed by atoms with van der Waals surface area (Å²) in [4.78, 5) is 39.4. The number of nitrogens with zero attached hydrogens (tertiary/aromatic N) is 1. The molecule has 32 heavy (non-hydrogen) atoms. The first kappa shape index (κ1) is 20.9. The van der Waals surface area contributed by atoms with Crippen LogP contribution < -0.4 is 10.6 Å². The fraction of sp³-hybridized carbons (Fsp3) is 0.458. The second-order valence-electron chi connectivity index (χ2n) is 8.91. The van der Waals surface area contributed by atoms with Gasteiger partial charge in [-0.1, -0.05) is 36.4 Å². The zero-order valence-electron chi connectivity index (χ0n) is 18.1. The molecule has 168 valence electrons. The van der Waals surface area contributed by atoms with Crippen LogP contribution in [0.2, 0.25) is 0 Å². The maximum absolute atomic E-state index is 13.1. The lowest BCUT2D eigenvalue weighted by molar-refractivity contribution is -0.186. The van der Waals surface area contributed by atoms with E-state index in [1.165, 1.54) is 0 Å². The molecule has 2 aromatic rings. The average molecular weight is 437 g/mol. The van der Waals surface area contributed by atoms with Crippen molar-refractivity contribution in [3.63, 3.8) is 0 Å². The fourth-order valence-corrected chi connectivity index (χ4v) is 4.99. The van der Waals surface area contributed by atoms with Crippen molar-refractivity contribution in [1.82, 2.24) is 15.5 Å². The smallest absolute Gasteiger partial charge is 0.325 e. The molecule has 0 bridgehead atoms. The average Bonchev–Trinajstić information content (AvgIpc) is 3.34. The highest BCUT2D eigenvalue weighted by atomic mass is 16.7. The normalized spacial score (nSPS) is 22.5. The molecular weight excluding hydrogens is 410 g/mol. The predicted molar refractivity (Wildman–Crippen MR) is 117 cm³/mol. The zero-order chi connectivity index (χ0) is 22.3. The van der Waals surface area contributed by atoms with Gasteiger partial charge in [-0.2, -0.15) is 0 Å². The van der Waals surface area contributed by atoms with Gasteiger partial charge in [0, 0.05) is 12.8 Å². The maximum Gasteiger partial charge on any atom is 0.325 e. The fourth-order valence-electron chi connectivity index (χ4n) is 4.99. The van der Waals surface area contributed by atoms with Gasteiger partial charge in [-0.05, 0) is 42.2 Å². The van der Waals surface area contributed by atoms with E-state index in [2.05, 4.69) is 10.6 Å². The number of hydrogen-bond acceptors (Lipinski definition) is 5. The molecule has 1 aliphatic carbocycles. The number of rotatable bonds is 4. The highest BCUT2D eigenvalue weighted by Gasteiger charge is 2.56. The molecule has 5 rings (SSSR count). The Morgan fingerprint density at radius 1 is 1.06 bits per heavy atom. The number of nitrogens with one attached hydrogen (secondary N) is 2. The van der Waals surface area contributed by atoms with Gasteiger partial charge in [0.15, 0.2) is 5.79 Å². The van der Waals surface area contributed by atoms with E-state index in [1.54, 1.807) is 0 Å². The summed E-state index contributed by atoms with van der Waals surface area (Å²) in [6.45, 7) is 2.68. The lowest BCUT2D eigenvalue weighted by Crippen LogP contribution is -2.53. The molecule has 2 aliphatic heterocycles. The summed E-state index contributed by atoms with van der Waals surface area (Å²) >= 11 is 0. The lowest BCUT2D eigenvalue weighted by atomic mass is 9.78. The van der Waals surface area contributed by atoms with Crippen LogP contribution in [0.25, 0.3) is 10.8 Å². The Morgan fingerprint density at radius 3 is 2.47 bits per heavy atom. The molecule has 0 aromatic heterocycles. The van der Waals surface area contributed by atoms with E-state index in [1.807, 2.05) is 49.4 Å². The van der Waals surface area contributed by atoms with Crippen molar-refractivity contribution in [2.45, 2.75) is 50.0 Å². The van der Waals surface area contributed by atoms with Crippen molar-refractivity contribution in [3.05, 3.63) is 48.0 Å². The molecular formula is C24H27N3O5. The van der Waals surface area contributed by atoms with E-state index in [0.717, 1.165) is 21.2 Å². The topological polar surface area (TPSA) is 97.0 Å². The van der Waals surface area contributed by atoms with E-state index in [4.69, 9.17) is 9.47 Å². The third kappa shape index (κ3) is 3.63. The summed E-state index contributed by atoms with van der Waals surface area (Å²) in [6, 6.07) is 13.3. The molecule has 2 heterocycles. The van der Waals surface area contributed by atoms with E-state index in [9.17, 15) is 14.4 Å². The van der Waals surface area contributed by atoms with Crippen LogP contribution in [0.5, 0.6) is 0 Å². The minimum Gasteiger partial charge on any atom is -0.348 e. The molecule has 2 saturated heterocycles. The van der Waals surface area contributed by atoms with Crippen LogP contribution in [0.15, 0.2) is 42.5 Å². The van der Waals surface area contributed by atoms with E-state index < -0.39 is 17.4 Å². The van der Waals surface area contributed by atoms with Crippen molar-refractivity contribution < 1.29 is 23.9 Å². The summed E-state index contributed by atoms with van der Waals surface area (Å²) in [7, 11) is 0. The van der Waals surface area contributed by atoms with E-state index >= 15 is 0 Å². The van der Waals surface area contributed by atoms with Crippen LogP contribution in [0.3, 0.4) is 0 Å². The zero-order valence-corrected chi connectivity index (χ0v) is 18.1. The summed E-state index contributed by atoms with van der Waals surface area (Å²) < 4.78 is 11.5. The van der Waals surface area contributed by atoms with Crippen LogP contribution in [0.1, 0.15) is 44.2 Å². The second-order valence-corrected chi connectivity index (χ2v) is 8.91. The highest BCUT2D eigenvalue weighted by molar-refractivity contribution is 6.09. The molecule has 8 nitrogen and oxygen atoms in total. The Balaban J connectivity index is 1.22. The number of urea groups is 1. The monoisotopic (exact) mass is 437 g/mol. The number of carbonyl (C=O) groups excluding carboxylic acids is 3. The van der Waals surface area contributed by atoms with Gasteiger partial charge in [-0.15, -0.1) is 0 Å². The number of ether oxygens (including phenoxy) is 2. The Labute approximate surface area is 186 Å². The molecule has 2 spiro atoms. The molecule has 3 fully saturated rings. The van der Waals surface area contributed by atoms with Gasteiger partial charge in [0.2, 0.25) is 5.91 Å². The predicted octanol–water partition coefficient (Wildman–Crippen LogP) is 2.62. The first-order valence-electron chi connectivity index (χ1n) is 11.1. The van der Waals surface area contributed by atoms with Gasteiger partial charge >= 0.3 is 6.03 Å². The molecule has 0 radical (unpaired) electrons. The second kappa shape index (κ2) is 7.86. The Morgan fingerprint density at radius 2 is 1.75 bits per heavy atom. The number of amides is 4. The number of fused-ring (bicyclic) bond motifs is 1. The SMILES string of the molecule is CC(NC(=O)CN1C(=O)NC2(CCC3(CC2)OCCO3)C1=O)c1ccc2ccccc2c1. The van der Waals surface area contributed by atoms with Crippen molar-refractivity contribution in [2.24, 2.45) is 0 Å². The molecule has 1 unspecified atom stereocenters. The third-order valence-electron chi connectivity index (χ3n) is 6.88. The van der Waals surface area contributed by atoms with Crippen molar-refractivity contribution in [2.75, 3.05) is 19.8 Å². The molecule has 2 N–H and O–H groups in total. The number of imide groups is 1. The summed E-state index contributed by atoms with van der Waals surface area (Å²) in [5, 5.41) is 7.96. The molecule has 4 amide bonds. The van der Waals surface area contributed by atoms with Gasteiger partial charge in [0.25, 0.3) is 5.91 Å². The molecule has 1 atom stereocenters. The van der Waals surface area contributed by atoms with Crippen molar-refractivity contribution in [1.29, 1.82) is 0 Å². The minimum atomic E-state index is -0.970. The van der Waals surface area contributed by atoms with Gasteiger partial charge in [-0.3, -0.25) is 14.5 Å². The van der Waals surface area contributed by atoms with Crippen LogP contribution in [-0.4, -0.2) is 53.8 Å². The molecule has 3 aliphatic rings. The number of hydrogen-bond donors (Lipinski definition) is 2. The van der Waals surface area contributed by atoms with Gasteiger partial charge in [-0.25, -0.2) is 4.79 Å². The molecule has 8 heteroatoms. The third-order valence-corrected chi connectivity index (χ3v) is 6.88. The largest absolute Gasteiger partial charge is 0.348 e. The van der Waals surface area contributed by atoms with Gasteiger partial charge < -0.3 is 20.1 Å². The van der Waals surface area contributed by atoms with Gasteiger partial charge in [0.1, 0.15) is 12.1 Å². The minimum absolute atomic E-state index is 0.256. The lowest BCUT2D eigenvalue weighted by Gasteiger charge is -2.39. The molecule has 1 saturated carbocycles. The standard InChI is InChI=1S/C24H27N3O5/c1-16(18-7-6-17-4-2-3-5-19(17)14-18)25-20(28)15-27-21(29)23(26-22(27)30)8-10-24(11-9-23)31-12-13-32-24/h2-7,14,16H,8-13,15H2,1H3,(H,25,28)(H,26,30). The summed E-state index contributed by atoms with van der Waals surface area (Å²) in [5.41, 5.74) is -0.0121. The Kier molecular flexibility index (Phi) is 5.14. The highest BCUT2D eigenvalue weighted by Crippen LogP contribution is 2.42. The van der Waals surface area contributed by atoms with Crippen molar-refractivity contribution in [3.8, 4) is 0 Å².